The van der Waals surface area contributed by atoms with E-state index in [1.54, 1.807) is 12.1 Å². The predicted octanol–water partition coefficient (Wildman–Crippen LogP) is 3.00. The normalized spacial score (nSPS) is 9.71. The molecule has 0 aliphatic rings. The molecule has 3 nitrogen and oxygen atoms in total. The zero-order valence-electron chi connectivity index (χ0n) is 9.61. The van der Waals surface area contributed by atoms with E-state index in [-0.39, 0.29) is 5.56 Å². The number of benzene rings is 1. The molecule has 0 spiro atoms. The van der Waals surface area contributed by atoms with Crippen LogP contribution < -0.4 is 4.90 Å². The molecule has 1 N–H and O–H groups in total. The number of carboxylic acids is 1. The molecule has 0 aliphatic carbocycles. The first-order valence-electron chi connectivity index (χ1n) is 5.30. The summed E-state index contributed by atoms with van der Waals surface area (Å²) in [6.07, 6.45) is 6.27. The largest absolute Gasteiger partial charge is 0.478 e. The SMILES string of the molecule is C#CCN(CCC)c1cc(Br)cc(C(=O)O)c1. The highest BCUT2D eigenvalue weighted by molar-refractivity contribution is 9.10. The number of hydrogen-bond donors (Lipinski definition) is 1. The van der Waals surface area contributed by atoms with Crippen LogP contribution in [0.15, 0.2) is 22.7 Å². The predicted molar refractivity (Wildman–Crippen MR) is 72.4 cm³/mol. The van der Waals surface area contributed by atoms with E-state index in [0.717, 1.165) is 23.1 Å². The Morgan fingerprint density at radius 3 is 2.76 bits per heavy atom. The van der Waals surface area contributed by atoms with Crippen LogP contribution in [0, 0.1) is 12.3 Å². The molecule has 0 saturated heterocycles. The van der Waals surface area contributed by atoms with Gasteiger partial charge in [-0.1, -0.05) is 28.8 Å². The molecule has 0 heterocycles. The Balaban J connectivity index is 3.10. The maximum absolute atomic E-state index is 11.0. The topological polar surface area (TPSA) is 40.5 Å². The molecule has 0 aromatic heterocycles. The summed E-state index contributed by atoms with van der Waals surface area (Å²) in [7, 11) is 0. The van der Waals surface area contributed by atoms with Crippen molar-refractivity contribution in [3.8, 4) is 12.3 Å². The summed E-state index contributed by atoms with van der Waals surface area (Å²) < 4.78 is 0.741. The number of hydrogen-bond acceptors (Lipinski definition) is 2. The summed E-state index contributed by atoms with van der Waals surface area (Å²) in [4.78, 5) is 12.9. The third-order valence-electron chi connectivity index (χ3n) is 2.27. The second kappa shape index (κ2) is 6.31. The van der Waals surface area contributed by atoms with E-state index < -0.39 is 5.97 Å². The Kier molecular flexibility index (Phi) is 5.05. The molecule has 0 aliphatic heterocycles. The number of rotatable bonds is 5. The molecular weight excluding hydrogens is 282 g/mol. The summed E-state index contributed by atoms with van der Waals surface area (Å²) in [6, 6.07) is 5.09. The van der Waals surface area contributed by atoms with Gasteiger partial charge in [0.25, 0.3) is 0 Å². The lowest BCUT2D eigenvalue weighted by molar-refractivity contribution is 0.0697. The van der Waals surface area contributed by atoms with Gasteiger partial charge in [0.05, 0.1) is 12.1 Å². The molecule has 0 fully saturated rings. The maximum atomic E-state index is 11.0. The molecule has 17 heavy (non-hydrogen) atoms. The van der Waals surface area contributed by atoms with Crippen LogP contribution in [-0.2, 0) is 0 Å². The van der Waals surface area contributed by atoms with Gasteiger partial charge in [0.15, 0.2) is 0 Å². The van der Waals surface area contributed by atoms with Gasteiger partial charge in [0, 0.05) is 16.7 Å². The van der Waals surface area contributed by atoms with Crippen molar-refractivity contribution in [2.45, 2.75) is 13.3 Å². The Bertz CT molecular complexity index is 451. The molecule has 1 aromatic carbocycles. The highest BCUT2D eigenvalue weighted by atomic mass is 79.9. The van der Waals surface area contributed by atoms with E-state index in [9.17, 15) is 4.79 Å². The van der Waals surface area contributed by atoms with Crippen molar-refractivity contribution in [3.63, 3.8) is 0 Å². The number of nitrogens with zero attached hydrogens (tertiary/aromatic N) is 1. The van der Waals surface area contributed by atoms with Crippen molar-refractivity contribution in [1.82, 2.24) is 0 Å². The molecule has 0 unspecified atom stereocenters. The number of carbonyl (C=O) groups is 1. The lowest BCUT2D eigenvalue weighted by atomic mass is 10.2. The molecular formula is C13H14BrNO2. The van der Waals surface area contributed by atoms with Crippen LogP contribution in [-0.4, -0.2) is 24.2 Å². The highest BCUT2D eigenvalue weighted by Crippen LogP contribution is 2.23. The number of anilines is 1. The molecule has 0 bridgehead atoms. The first-order valence-corrected chi connectivity index (χ1v) is 6.10. The quantitative estimate of drug-likeness (QED) is 0.849. The molecule has 4 heteroatoms. The third kappa shape index (κ3) is 3.79. The van der Waals surface area contributed by atoms with Gasteiger partial charge in [-0.2, -0.15) is 0 Å². The van der Waals surface area contributed by atoms with Crippen LogP contribution >= 0.6 is 15.9 Å². The van der Waals surface area contributed by atoms with Crippen LogP contribution in [0.2, 0.25) is 0 Å². The van der Waals surface area contributed by atoms with Gasteiger partial charge in [0.2, 0.25) is 0 Å². The zero-order chi connectivity index (χ0) is 12.8. The van der Waals surface area contributed by atoms with Crippen molar-refractivity contribution in [3.05, 3.63) is 28.2 Å². The van der Waals surface area contributed by atoms with Crippen molar-refractivity contribution in [2.75, 3.05) is 18.0 Å². The highest BCUT2D eigenvalue weighted by Gasteiger charge is 2.10. The van der Waals surface area contributed by atoms with Gasteiger partial charge < -0.3 is 10.0 Å². The van der Waals surface area contributed by atoms with E-state index >= 15 is 0 Å². The first kappa shape index (κ1) is 13.6. The summed E-state index contributed by atoms with van der Waals surface area (Å²) in [5.74, 6) is 1.64. The van der Waals surface area contributed by atoms with Gasteiger partial charge in [-0.15, -0.1) is 6.42 Å². The maximum Gasteiger partial charge on any atom is 0.335 e. The average molecular weight is 296 g/mol. The molecule has 1 aromatic rings. The van der Waals surface area contributed by atoms with Gasteiger partial charge in [0.1, 0.15) is 0 Å². The second-order valence-electron chi connectivity index (χ2n) is 3.63. The fraction of sp³-hybridized carbons (Fsp3) is 0.308. The average Bonchev–Trinajstić information content (AvgIpc) is 2.28. The smallest absolute Gasteiger partial charge is 0.335 e. The fourth-order valence-corrected chi connectivity index (χ4v) is 2.04. The minimum Gasteiger partial charge on any atom is -0.478 e. The van der Waals surface area contributed by atoms with Crippen LogP contribution in [0.25, 0.3) is 0 Å². The number of terminal acetylenes is 1. The van der Waals surface area contributed by atoms with Gasteiger partial charge in [-0.05, 0) is 24.6 Å². The van der Waals surface area contributed by atoms with Gasteiger partial charge in [-0.3, -0.25) is 0 Å². The lowest BCUT2D eigenvalue weighted by Crippen LogP contribution is -2.24. The number of halogens is 1. The molecule has 90 valence electrons. The van der Waals surface area contributed by atoms with Crippen LogP contribution in [0.3, 0.4) is 0 Å². The summed E-state index contributed by atoms with van der Waals surface area (Å²) in [5.41, 5.74) is 1.09. The van der Waals surface area contributed by atoms with Crippen molar-refractivity contribution < 1.29 is 9.90 Å². The van der Waals surface area contributed by atoms with Crippen LogP contribution in [0.5, 0.6) is 0 Å². The lowest BCUT2D eigenvalue weighted by Gasteiger charge is -2.22. The molecule has 0 radical (unpaired) electrons. The van der Waals surface area contributed by atoms with Crippen LogP contribution in [0.1, 0.15) is 23.7 Å². The number of carboxylic acid groups (broad SMARTS) is 1. The summed E-state index contributed by atoms with van der Waals surface area (Å²) >= 11 is 3.31. The Hall–Kier alpha value is -1.47. The molecule has 0 amide bonds. The molecule has 1 rings (SSSR count). The third-order valence-corrected chi connectivity index (χ3v) is 2.73. The zero-order valence-corrected chi connectivity index (χ0v) is 11.2. The standard InChI is InChI=1S/C13H14BrNO2/c1-3-5-15(6-4-2)12-8-10(13(16)17)7-11(14)9-12/h1,7-9H,4-6H2,2H3,(H,16,17). The van der Waals surface area contributed by atoms with Gasteiger partial charge >= 0.3 is 5.97 Å². The molecule has 0 saturated carbocycles. The Morgan fingerprint density at radius 2 is 2.24 bits per heavy atom. The number of aromatic carboxylic acids is 1. The van der Waals surface area contributed by atoms with E-state index in [2.05, 4.69) is 28.8 Å². The van der Waals surface area contributed by atoms with Crippen LogP contribution in [0.4, 0.5) is 5.69 Å². The van der Waals surface area contributed by atoms with Crippen molar-refractivity contribution >= 4 is 27.6 Å². The van der Waals surface area contributed by atoms with Gasteiger partial charge in [-0.25, -0.2) is 4.79 Å². The Labute approximate surface area is 110 Å². The summed E-state index contributed by atoms with van der Waals surface area (Å²) in [5, 5.41) is 9.00. The van der Waals surface area contributed by atoms with Crippen molar-refractivity contribution in [2.24, 2.45) is 0 Å². The second-order valence-corrected chi connectivity index (χ2v) is 4.54. The van der Waals surface area contributed by atoms with Crippen molar-refractivity contribution in [1.29, 1.82) is 0 Å². The molecule has 0 atom stereocenters. The van der Waals surface area contributed by atoms with E-state index in [1.807, 2.05) is 11.0 Å². The van der Waals surface area contributed by atoms with E-state index in [4.69, 9.17) is 11.5 Å². The summed E-state index contributed by atoms with van der Waals surface area (Å²) in [6.45, 7) is 3.34. The van der Waals surface area contributed by atoms with E-state index in [1.165, 1.54) is 0 Å². The Morgan fingerprint density at radius 1 is 1.53 bits per heavy atom. The first-order chi connectivity index (χ1) is 8.08. The minimum absolute atomic E-state index is 0.257. The fourth-order valence-electron chi connectivity index (χ4n) is 1.56. The minimum atomic E-state index is -0.940. The van der Waals surface area contributed by atoms with E-state index in [0.29, 0.717) is 6.54 Å². The monoisotopic (exact) mass is 295 g/mol.